The van der Waals surface area contributed by atoms with E-state index in [0.717, 1.165) is 33.8 Å². The number of carbonyl (C=O) groups excluding carboxylic acids is 1. The molecule has 2 aliphatic heterocycles. The minimum absolute atomic E-state index is 0.446. The monoisotopic (exact) mass is 329 g/mol. The van der Waals surface area contributed by atoms with E-state index in [9.17, 15) is 4.79 Å². The lowest BCUT2D eigenvalue weighted by atomic mass is 9.77. The average Bonchev–Trinajstić information content (AvgIpc) is 3.02. The highest BCUT2D eigenvalue weighted by Crippen LogP contribution is 2.55. The number of hydrogen-bond acceptors (Lipinski definition) is 3. The average molecular weight is 329 g/mol. The van der Waals surface area contributed by atoms with Crippen LogP contribution in [0.25, 0.3) is 0 Å². The Hall–Kier alpha value is -3.11. The van der Waals surface area contributed by atoms with Crippen molar-refractivity contribution >= 4 is 5.91 Å². The molecule has 1 amide bonds. The van der Waals surface area contributed by atoms with Gasteiger partial charge in [-0.05, 0) is 35.4 Å². The molecule has 2 aliphatic rings. The van der Waals surface area contributed by atoms with E-state index in [1.807, 2.05) is 60.7 Å². The van der Waals surface area contributed by atoms with Crippen LogP contribution < -0.4 is 10.5 Å². The number of hydrogen-bond donors (Lipinski definition) is 1. The molecule has 5 rings (SSSR count). The number of nitrogens with two attached hydrogens (primary N) is 1. The number of amides is 1. The lowest BCUT2D eigenvalue weighted by Crippen LogP contribution is -2.32. The number of benzene rings is 3. The van der Waals surface area contributed by atoms with Crippen LogP contribution >= 0.6 is 0 Å². The fourth-order valence-electron chi connectivity index (χ4n) is 3.85. The molecule has 0 aliphatic carbocycles. The Labute approximate surface area is 144 Å². The van der Waals surface area contributed by atoms with E-state index in [4.69, 9.17) is 15.2 Å². The summed E-state index contributed by atoms with van der Waals surface area (Å²) in [5, 5.41) is 0. The van der Waals surface area contributed by atoms with Crippen molar-refractivity contribution in [1.82, 2.24) is 0 Å². The third-order valence-electron chi connectivity index (χ3n) is 4.97. The standard InChI is InChI=1S/C21H15NO3/c22-20(23)13-9-10-14-12-24-21(17(14)11-13)15-5-1-3-7-18(15)25-19-8-4-2-6-16(19)21/h1-11H,12H2,(H2,22,23). The second kappa shape index (κ2) is 4.94. The maximum atomic E-state index is 11.7. The highest BCUT2D eigenvalue weighted by molar-refractivity contribution is 5.93. The Balaban J connectivity index is 1.87. The molecule has 0 radical (unpaired) electrons. The first-order valence-corrected chi connectivity index (χ1v) is 8.14. The van der Waals surface area contributed by atoms with Gasteiger partial charge in [0.2, 0.25) is 5.91 Å². The maximum absolute atomic E-state index is 11.7. The number of rotatable bonds is 1. The maximum Gasteiger partial charge on any atom is 0.248 e. The van der Waals surface area contributed by atoms with Gasteiger partial charge < -0.3 is 15.2 Å². The van der Waals surface area contributed by atoms with E-state index in [-0.39, 0.29) is 0 Å². The van der Waals surface area contributed by atoms with Crippen molar-refractivity contribution in [2.24, 2.45) is 5.73 Å². The zero-order chi connectivity index (χ0) is 17.0. The number of primary amides is 1. The molecule has 0 atom stereocenters. The lowest BCUT2D eigenvalue weighted by Gasteiger charge is -2.37. The Kier molecular flexibility index (Phi) is 2.82. The minimum Gasteiger partial charge on any atom is -0.457 e. The molecule has 4 heteroatoms. The fraction of sp³-hybridized carbons (Fsp3) is 0.0952. The second-order valence-electron chi connectivity index (χ2n) is 6.30. The molecule has 0 bridgehead atoms. The molecule has 1 spiro atoms. The molecule has 25 heavy (non-hydrogen) atoms. The minimum atomic E-state index is -0.785. The summed E-state index contributed by atoms with van der Waals surface area (Å²) in [5.74, 6) is 1.08. The molecule has 0 fully saturated rings. The van der Waals surface area contributed by atoms with Crippen molar-refractivity contribution in [2.45, 2.75) is 12.2 Å². The van der Waals surface area contributed by atoms with Crippen LogP contribution in [0.1, 0.15) is 32.6 Å². The van der Waals surface area contributed by atoms with Crippen molar-refractivity contribution in [2.75, 3.05) is 0 Å². The molecule has 4 nitrogen and oxygen atoms in total. The smallest absolute Gasteiger partial charge is 0.248 e. The van der Waals surface area contributed by atoms with Gasteiger partial charge >= 0.3 is 0 Å². The van der Waals surface area contributed by atoms with Gasteiger partial charge in [-0.1, -0.05) is 42.5 Å². The van der Waals surface area contributed by atoms with Crippen LogP contribution in [-0.2, 0) is 16.9 Å². The molecular formula is C21H15NO3. The largest absolute Gasteiger partial charge is 0.457 e. The third kappa shape index (κ3) is 1.83. The summed E-state index contributed by atoms with van der Waals surface area (Å²) >= 11 is 0. The van der Waals surface area contributed by atoms with Gasteiger partial charge in [0.05, 0.1) is 6.61 Å². The summed E-state index contributed by atoms with van der Waals surface area (Å²) in [6, 6.07) is 21.2. The van der Waals surface area contributed by atoms with E-state index < -0.39 is 11.5 Å². The van der Waals surface area contributed by atoms with Crippen molar-refractivity contribution in [3.63, 3.8) is 0 Å². The highest BCUT2D eigenvalue weighted by Gasteiger charge is 2.49. The molecule has 2 heterocycles. The summed E-state index contributed by atoms with van der Waals surface area (Å²) in [4.78, 5) is 11.7. The van der Waals surface area contributed by atoms with Crippen LogP contribution in [0, 0.1) is 0 Å². The first kappa shape index (κ1) is 14.3. The molecule has 122 valence electrons. The Morgan fingerprint density at radius 1 is 0.880 bits per heavy atom. The SMILES string of the molecule is NC(=O)c1ccc2c(c1)C1(OC2)c2ccccc2Oc2ccccc21. The van der Waals surface area contributed by atoms with Crippen LogP contribution in [0.15, 0.2) is 66.7 Å². The van der Waals surface area contributed by atoms with E-state index >= 15 is 0 Å². The first-order valence-electron chi connectivity index (χ1n) is 8.14. The van der Waals surface area contributed by atoms with Gasteiger partial charge in [0.25, 0.3) is 0 Å². The van der Waals surface area contributed by atoms with Gasteiger partial charge in [0, 0.05) is 16.7 Å². The Bertz CT molecular complexity index is 980. The van der Waals surface area contributed by atoms with E-state index in [1.54, 1.807) is 6.07 Å². The number of ether oxygens (including phenoxy) is 2. The van der Waals surface area contributed by atoms with Crippen LogP contribution in [0.2, 0.25) is 0 Å². The predicted octanol–water partition coefficient (Wildman–Crippen LogP) is 3.71. The van der Waals surface area contributed by atoms with Crippen LogP contribution in [0.5, 0.6) is 11.5 Å². The van der Waals surface area contributed by atoms with Crippen molar-refractivity contribution in [3.8, 4) is 11.5 Å². The topological polar surface area (TPSA) is 61.6 Å². The molecule has 2 N–H and O–H groups in total. The Morgan fingerprint density at radius 2 is 1.52 bits per heavy atom. The van der Waals surface area contributed by atoms with Gasteiger partial charge in [-0.2, -0.15) is 0 Å². The lowest BCUT2D eigenvalue weighted by molar-refractivity contribution is 0.0199. The molecule has 0 unspecified atom stereocenters. The highest BCUT2D eigenvalue weighted by atomic mass is 16.5. The zero-order valence-electron chi connectivity index (χ0n) is 13.4. The second-order valence-corrected chi connectivity index (χ2v) is 6.30. The van der Waals surface area contributed by atoms with Crippen LogP contribution in [-0.4, -0.2) is 5.91 Å². The van der Waals surface area contributed by atoms with Crippen LogP contribution in [0.4, 0.5) is 0 Å². The molecule has 0 saturated heterocycles. The van der Waals surface area contributed by atoms with Crippen molar-refractivity contribution in [3.05, 3.63) is 94.5 Å². The van der Waals surface area contributed by atoms with Crippen molar-refractivity contribution < 1.29 is 14.3 Å². The van der Waals surface area contributed by atoms with Gasteiger partial charge in [-0.3, -0.25) is 4.79 Å². The third-order valence-corrected chi connectivity index (χ3v) is 4.97. The summed E-state index contributed by atoms with van der Waals surface area (Å²) in [7, 11) is 0. The van der Waals surface area contributed by atoms with Gasteiger partial charge in [-0.15, -0.1) is 0 Å². The van der Waals surface area contributed by atoms with Crippen LogP contribution in [0.3, 0.4) is 0 Å². The normalized spacial score (nSPS) is 15.8. The number of para-hydroxylation sites is 2. The van der Waals surface area contributed by atoms with E-state index in [2.05, 4.69) is 0 Å². The summed E-state index contributed by atoms with van der Waals surface area (Å²) < 4.78 is 12.5. The summed E-state index contributed by atoms with van der Waals surface area (Å²) in [6.07, 6.45) is 0. The predicted molar refractivity (Wildman–Crippen MR) is 92.6 cm³/mol. The zero-order valence-corrected chi connectivity index (χ0v) is 13.4. The molecule has 3 aromatic carbocycles. The van der Waals surface area contributed by atoms with Gasteiger partial charge in [0.1, 0.15) is 11.5 Å². The quantitative estimate of drug-likeness (QED) is 0.740. The number of fused-ring (bicyclic) bond motifs is 6. The van der Waals surface area contributed by atoms with Gasteiger partial charge in [-0.25, -0.2) is 0 Å². The summed E-state index contributed by atoms with van der Waals surface area (Å²) in [6.45, 7) is 0.469. The molecule has 3 aromatic rings. The van der Waals surface area contributed by atoms with Gasteiger partial charge in [0.15, 0.2) is 5.60 Å². The molecular weight excluding hydrogens is 314 g/mol. The van der Waals surface area contributed by atoms with Crippen molar-refractivity contribution in [1.29, 1.82) is 0 Å². The van der Waals surface area contributed by atoms with E-state index in [0.29, 0.717) is 12.2 Å². The van der Waals surface area contributed by atoms with E-state index in [1.165, 1.54) is 0 Å². The molecule has 0 saturated carbocycles. The molecule has 0 aromatic heterocycles. The fourth-order valence-corrected chi connectivity index (χ4v) is 3.85. The summed E-state index contributed by atoms with van der Waals surface area (Å²) in [5.41, 5.74) is 9.08. The first-order chi connectivity index (χ1) is 12.2. The Morgan fingerprint density at radius 3 is 2.16 bits per heavy atom. The number of carbonyl (C=O) groups is 1.